The molecule has 0 fully saturated rings. The highest BCUT2D eigenvalue weighted by molar-refractivity contribution is 5.97. The SMILES string of the molecule is CC(C)NCCC[C@@H]1NC(=O)[C@H](CCCCN=C(N)N)NC(=O)c2cn(nn2)CCC(=O)NCCCC[C@@H](C=O)NC1=O. The van der Waals surface area contributed by atoms with E-state index < -0.39 is 35.8 Å². The number of nitrogens with zero attached hydrogens (tertiary/aromatic N) is 4. The van der Waals surface area contributed by atoms with Crippen molar-refractivity contribution in [2.45, 2.75) is 102 Å². The van der Waals surface area contributed by atoms with Crippen molar-refractivity contribution in [3.05, 3.63) is 11.9 Å². The lowest BCUT2D eigenvalue weighted by molar-refractivity contribution is -0.131. The molecule has 0 spiro atoms. The first kappa shape index (κ1) is 35.1. The maximum Gasteiger partial charge on any atom is 0.274 e. The lowest BCUT2D eigenvalue weighted by Gasteiger charge is -2.24. The summed E-state index contributed by atoms with van der Waals surface area (Å²) in [6.45, 7) is 5.63. The number of aryl methyl sites for hydroxylation is 1. The number of rotatable bonds is 11. The fraction of sp³-hybridized carbons (Fsp3) is 0.704. The van der Waals surface area contributed by atoms with E-state index in [2.05, 4.69) is 41.9 Å². The minimum absolute atomic E-state index is 0.0176. The molecule has 0 unspecified atom stereocenters. The molecular formula is C27H47N11O5. The van der Waals surface area contributed by atoms with Crippen LogP contribution in [0, 0.1) is 0 Å². The smallest absolute Gasteiger partial charge is 0.274 e. The third-order valence-corrected chi connectivity index (χ3v) is 6.77. The molecular weight excluding hydrogens is 558 g/mol. The van der Waals surface area contributed by atoms with Gasteiger partial charge in [0.05, 0.1) is 18.8 Å². The Morgan fingerprint density at radius 2 is 1.79 bits per heavy atom. The summed E-state index contributed by atoms with van der Waals surface area (Å²) >= 11 is 0. The Balaban J connectivity index is 2.26. The number of unbranched alkanes of at least 4 members (excludes halogenated alkanes) is 1. The van der Waals surface area contributed by atoms with Crippen molar-refractivity contribution in [1.29, 1.82) is 0 Å². The molecule has 1 aromatic heterocycles. The molecule has 240 valence electrons. The van der Waals surface area contributed by atoms with Crippen molar-refractivity contribution in [3.63, 3.8) is 0 Å². The normalized spacial score (nSPS) is 21.2. The number of amides is 4. The molecule has 2 heterocycles. The van der Waals surface area contributed by atoms with Gasteiger partial charge in [0.25, 0.3) is 5.91 Å². The number of carbonyl (C=O) groups is 5. The van der Waals surface area contributed by atoms with Crippen LogP contribution in [0.4, 0.5) is 0 Å². The summed E-state index contributed by atoms with van der Waals surface area (Å²) in [6, 6.07) is -2.43. The number of carbonyl (C=O) groups excluding carboxylic acids is 5. The van der Waals surface area contributed by atoms with Crippen LogP contribution in [0.15, 0.2) is 11.2 Å². The number of hydrogen-bond acceptors (Lipinski definition) is 9. The number of aldehydes is 1. The number of nitrogens with two attached hydrogens (primary N) is 2. The molecule has 2 rings (SSSR count). The van der Waals surface area contributed by atoms with Gasteiger partial charge in [0.2, 0.25) is 17.7 Å². The third-order valence-electron chi connectivity index (χ3n) is 6.77. The molecule has 0 aliphatic carbocycles. The highest BCUT2D eigenvalue weighted by Gasteiger charge is 2.28. The van der Waals surface area contributed by atoms with E-state index in [0.29, 0.717) is 70.9 Å². The Labute approximate surface area is 251 Å². The number of hydrogen-bond donors (Lipinski definition) is 7. The van der Waals surface area contributed by atoms with Crippen LogP contribution < -0.4 is 38.1 Å². The molecule has 0 radical (unpaired) electrons. The first-order valence-electron chi connectivity index (χ1n) is 14.9. The van der Waals surface area contributed by atoms with E-state index in [4.69, 9.17) is 11.5 Å². The molecule has 3 atom stereocenters. The van der Waals surface area contributed by atoms with E-state index in [0.717, 1.165) is 0 Å². The lowest BCUT2D eigenvalue weighted by atomic mass is 10.0. The standard InChI is InChI=1S/C27H47N11O5/c1-18(2)30-14-7-10-21-24(41)33-19(17-39)8-3-5-12-31-23(40)11-15-38-16-22(36-37-38)26(43)35-20(25(42)34-21)9-4-6-13-32-27(28)29/h16-21,30H,3-15H2,1-2H3,(H,31,40)(H,33,41)(H,34,42)(H,35,43)(H4,28,29,32)/t19-,20-,21-/m0/s1. The zero-order chi connectivity index (χ0) is 31.6. The highest BCUT2D eigenvalue weighted by Crippen LogP contribution is 2.08. The van der Waals surface area contributed by atoms with Crippen molar-refractivity contribution in [1.82, 2.24) is 41.6 Å². The molecule has 0 saturated carbocycles. The molecule has 0 aromatic carbocycles. The van der Waals surface area contributed by atoms with Gasteiger partial charge in [-0.2, -0.15) is 0 Å². The Kier molecular flexibility index (Phi) is 15.7. The molecule has 1 aromatic rings. The van der Waals surface area contributed by atoms with Crippen molar-refractivity contribution < 1.29 is 24.0 Å². The largest absolute Gasteiger partial charge is 0.370 e. The summed E-state index contributed by atoms with van der Waals surface area (Å²) < 4.78 is 1.39. The summed E-state index contributed by atoms with van der Waals surface area (Å²) in [7, 11) is 0. The van der Waals surface area contributed by atoms with Crippen molar-refractivity contribution in [3.8, 4) is 0 Å². The monoisotopic (exact) mass is 605 g/mol. The summed E-state index contributed by atoms with van der Waals surface area (Å²) in [4.78, 5) is 67.7. The van der Waals surface area contributed by atoms with Crippen LogP contribution in [0.25, 0.3) is 0 Å². The van der Waals surface area contributed by atoms with E-state index in [1.807, 2.05) is 13.8 Å². The van der Waals surface area contributed by atoms with Crippen LogP contribution in [0.2, 0.25) is 0 Å². The molecule has 4 amide bonds. The van der Waals surface area contributed by atoms with Crippen LogP contribution in [0.3, 0.4) is 0 Å². The number of nitrogens with one attached hydrogen (secondary N) is 5. The molecule has 0 saturated heterocycles. The van der Waals surface area contributed by atoms with Gasteiger partial charge in [-0.05, 0) is 57.9 Å². The van der Waals surface area contributed by atoms with E-state index in [9.17, 15) is 24.0 Å². The average molecular weight is 606 g/mol. The summed E-state index contributed by atoms with van der Waals surface area (Å²) in [6.07, 6.45) is 6.01. The highest BCUT2D eigenvalue weighted by atomic mass is 16.2. The van der Waals surface area contributed by atoms with Crippen molar-refractivity contribution >= 4 is 35.9 Å². The van der Waals surface area contributed by atoms with Gasteiger partial charge in [0.1, 0.15) is 18.4 Å². The van der Waals surface area contributed by atoms with Gasteiger partial charge in [-0.3, -0.25) is 28.9 Å². The fourth-order valence-corrected chi connectivity index (χ4v) is 4.40. The second-order valence-electron chi connectivity index (χ2n) is 10.9. The van der Waals surface area contributed by atoms with Gasteiger partial charge >= 0.3 is 0 Å². The fourth-order valence-electron chi connectivity index (χ4n) is 4.40. The number of aromatic nitrogens is 3. The first-order valence-corrected chi connectivity index (χ1v) is 14.9. The van der Waals surface area contributed by atoms with Crippen LogP contribution in [-0.2, 0) is 25.7 Å². The van der Waals surface area contributed by atoms with E-state index in [1.165, 1.54) is 10.9 Å². The predicted octanol–water partition coefficient (Wildman–Crippen LogP) is -1.54. The van der Waals surface area contributed by atoms with Gasteiger partial charge in [0.15, 0.2) is 11.7 Å². The van der Waals surface area contributed by atoms with Crippen molar-refractivity contribution in [2.24, 2.45) is 16.5 Å². The summed E-state index contributed by atoms with van der Waals surface area (Å²) in [5.41, 5.74) is 10.7. The van der Waals surface area contributed by atoms with Crippen LogP contribution >= 0.6 is 0 Å². The Morgan fingerprint density at radius 3 is 2.51 bits per heavy atom. The van der Waals surface area contributed by atoms with E-state index in [-0.39, 0.29) is 43.0 Å². The van der Waals surface area contributed by atoms with Crippen LogP contribution in [0.5, 0.6) is 0 Å². The Hall–Kier alpha value is -4.08. The number of guanidine groups is 1. The van der Waals surface area contributed by atoms with Gasteiger partial charge in [-0.1, -0.05) is 19.1 Å². The van der Waals surface area contributed by atoms with Crippen LogP contribution in [-0.4, -0.2) is 94.7 Å². The quantitative estimate of drug-likeness (QED) is 0.0663. The summed E-state index contributed by atoms with van der Waals surface area (Å²) in [5, 5.41) is 22.1. The van der Waals surface area contributed by atoms with Gasteiger partial charge < -0.3 is 42.8 Å². The van der Waals surface area contributed by atoms with Gasteiger partial charge in [0, 0.05) is 25.6 Å². The topological polar surface area (TPSA) is 241 Å². The predicted molar refractivity (Wildman–Crippen MR) is 160 cm³/mol. The average Bonchev–Trinajstić information content (AvgIpc) is 3.44. The van der Waals surface area contributed by atoms with E-state index in [1.54, 1.807) is 0 Å². The zero-order valence-corrected chi connectivity index (χ0v) is 25.1. The second kappa shape index (κ2) is 19.2. The zero-order valence-electron chi connectivity index (χ0n) is 25.1. The maximum absolute atomic E-state index is 13.5. The Morgan fingerprint density at radius 1 is 1.07 bits per heavy atom. The van der Waals surface area contributed by atoms with Crippen LogP contribution in [0.1, 0.15) is 82.1 Å². The molecule has 1 aliphatic heterocycles. The van der Waals surface area contributed by atoms with Crippen molar-refractivity contribution in [2.75, 3.05) is 19.6 Å². The number of aliphatic imine (C=N–C) groups is 1. The summed E-state index contributed by atoms with van der Waals surface area (Å²) in [5.74, 6) is -1.89. The molecule has 43 heavy (non-hydrogen) atoms. The lowest BCUT2D eigenvalue weighted by Crippen LogP contribution is -2.55. The minimum atomic E-state index is -1.00. The molecule has 16 nitrogen and oxygen atoms in total. The number of fused-ring (bicyclic) bond motifs is 2. The maximum atomic E-state index is 13.5. The molecule has 2 bridgehead atoms. The molecule has 16 heteroatoms. The minimum Gasteiger partial charge on any atom is -0.370 e. The first-order chi connectivity index (χ1) is 20.6. The molecule has 9 N–H and O–H groups in total. The van der Waals surface area contributed by atoms with Gasteiger partial charge in [-0.25, -0.2) is 0 Å². The van der Waals surface area contributed by atoms with Gasteiger partial charge in [-0.15, -0.1) is 5.10 Å². The second-order valence-corrected chi connectivity index (χ2v) is 10.9. The molecule has 1 aliphatic rings. The third kappa shape index (κ3) is 14.1. The Bertz CT molecular complexity index is 1090. The van der Waals surface area contributed by atoms with E-state index >= 15 is 0 Å².